The van der Waals surface area contributed by atoms with Gasteiger partial charge in [-0.25, -0.2) is 13.9 Å². The van der Waals surface area contributed by atoms with Gasteiger partial charge in [-0.15, -0.1) is 0 Å². The molecule has 0 fully saturated rings. The van der Waals surface area contributed by atoms with Crippen molar-refractivity contribution in [2.24, 2.45) is 0 Å². The van der Waals surface area contributed by atoms with Crippen LogP contribution >= 0.6 is 15.6 Å². The molecule has 0 aliphatic rings. The monoisotopic (exact) mass is 519 g/mol. The third-order valence-corrected chi connectivity index (χ3v) is 5.44. The number of aromatic carboxylic acids is 1. The Hall–Kier alpha value is -2.01. The normalized spacial score (nSPS) is 11.9. The Labute approximate surface area is 215 Å². The minimum absolute atomic E-state index is 0. The zero-order valence-corrected chi connectivity index (χ0v) is 21.3. The molecule has 174 valence electrons. The molecule has 3 aromatic rings. The van der Waals surface area contributed by atoms with Crippen molar-refractivity contribution in [1.82, 2.24) is 0 Å². The summed E-state index contributed by atoms with van der Waals surface area (Å²) >= 11 is 0. The summed E-state index contributed by atoms with van der Waals surface area (Å²) in [6.45, 7) is 0. The van der Waals surface area contributed by atoms with Crippen molar-refractivity contribution in [3.05, 3.63) is 95.1 Å². The van der Waals surface area contributed by atoms with Gasteiger partial charge in [-0.05, 0) is 41.5 Å². The standard InChI is InChI=1S/C20H18O11P2.Na/c21-19(22)17-3-1-2-4-18(17)20(23,13-5-9-15(10-6-13)30-32(24,25)26)14-7-11-16(12-8-14)31-33(27,28)29;/h1-12,23H,(H,21,22)(H2,24,25,26)(H2,27,28,29);/q;+1. The number of rotatable bonds is 8. The molecule has 11 nitrogen and oxygen atoms in total. The van der Waals surface area contributed by atoms with E-state index in [0.29, 0.717) is 0 Å². The van der Waals surface area contributed by atoms with E-state index >= 15 is 0 Å². The molecule has 0 aliphatic carbocycles. The molecule has 0 spiro atoms. The summed E-state index contributed by atoms with van der Waals surface area (Å²) < 4.78 is 31.1. The van der Waals surface area contributed by atoms with Crippen LogP contribution in [0.4, 0.5) is 0 Å². The summed E-state index contributed by atoms with van der Waals surface area (Å²) in [4.78, 5) is 47.7. The van der Waals surface area contributed by atoms with Crippen LogP contribution in [-0.4, -0.2) is 35.8 Å². The number of hydrogen-bond donors (Lipinski definition) is 6. The first kappa shape index (κ1) is 28.2. The van der Waals surface area contributed by atoms with Crippen LogP contribution in [0.5, 0.6) is 11.5 Å². The number of carboxylic acid groups (broad SMARTS) is 1. The molecule has 0 heterocycles. The molecule has 3 aromatic carbocycles. The predicted octanol–water partition coefficient (Wildman–Crippen LogP) is -0.384. The Morgan fingerprint density at radius 2 is 1.09 bits per heavy atom. The smallest absolute Gasteiger partial charge is 0.478 e. The molecule has 0 aliphatic heterocycles. The summed E-state index contributed by atoms with van der Waals surface area (Å²) in [6, 6.07) is 15.6. The van der Waals surface area contributed by atoms with Crippen LogP contribution in [0.15, 0.2) is 72.8 Å². The maximum absolute atomic E-state index is 11.8. The van der Waals surface area contributed by atoms with Gasteiger partial charge >= 0.3 is 51.2 Å². The van der Waals surface area contributed by atoms with Gasteiger partial charge in [0.05, 0.1) is 5.56 Å². The molecule has 0 saturated carbocycles. The first-order valence-electron chi connectivity index (χ1n) is 9.06. The van der Waals surface area contributed by atoms with Gasteiger partial charge in [0.15, 0.2) is 0 Å². The summed E-state index contributed by atoms with van der Waals surface area (Å²) in [5.41, 5.74) is -2.08. The van der Waals surface area contributed by atoms with Gasteiger partial charge in [0.25, 0.3) is 0 Å². The molecule has 0 amide bonds. The largest absolute Gasteiger partial charge is 1.00 e. The van der Waals surface area contributed by atoms with Gasteiger partial charge in [-0.1, -0.05) is 42.5 Å². The summed E-state index contributed by atoms with van der Waals surface area (Å²) in [5.74, 6) is -1.69. The fraction of sp³-hybridized carbons (Fsp3) is 0.0500. The maximum Gasteiger partial charge on any atom is 1.00 e. The van der Waals surface area contributed by atoms with E-state index in [1.54, 1.807) is 0 Å². The first-order chi connectivity index (χ1) is 15.3. The Morgan fingerprint density at radius 1 is 0.706 bits per heavy atom. The van der Waals surface area contributed by atoms with Gasteiger partial charge in [0, 0.05) is 5.56 Å². The SMILES string of the molecule is O=C(O)c1ccccc1C(O)(c1ccc(OP(=O)(O)O)cc1)c1ccc(OP(=O)(O)O)cc1.[Na+]. The van der Waals surface area contributed by atoms with E-state index in [9.17, 15) is 24.1 Å². The molecule has 6 N–H and O–H groups in total. The van der Waals surface area contributed by atoms with Crippen molar-refractivity contribution in [2.45, 2.75) is 5.60 Å². The second kappa shape index (κ2) is 10.7. The van der Waals surface area contributed by atoms with Crippen molar-refractivity contribution in [1.29, 1.82) is 0 Å². The number of benzene rings is 3. The summed E-state index contributed by atoms with van der Waals surface area (Å²) in [5, 5.41) is 21.5. The second-order valence-corrected chi connectivity index (χ2v) is 9.10. The third-order valence-electron chi connectivity index (χ3n) is 4.54. The van der Waals surface area contributed by atoms with Crippen LogP contribution < -0.4 is 38.6 Å². The number of aliphatic hydroxyl groups is 1. The Bertz CT molecular complexity index is 1180. The van der Waals surface area contributed by atoms with Crippen LogP contribution in [0.3, 0.4) is 0 Å². The summed E-state index contributed by atoms with van der Waals surface area (Å²) in [6.07, 6.45) is 0. The molecule has 0 radical (unpaired) electrons. The zero-order chi connectivity index (χ0) is 24.4. The minimum Gasteiger partial charge on any atom is -0.478 e. The molecule has 3 rings (SSSR count). The van der Waals surface area contributed by atoms with Crippen LogP contribution in [-0.2, 0) is 14.7 Å². The number of phosphoric ester groups is 2. The minimum atomic E-state index is -4.82. The Morgan fingerprint density at radius 3 is 1.44 bits per heavy atom. The van der Waals surface area contributed by atoms with E-state index in [2.05, 4.69) is 9.05 Å². The van der Waals surface area contributed by atoms with Crippen molar-refractivity contribution in [2.75, 3.05) is 0 Å². The van der Waals surface area contributed by atoms with Gasteiger partial charge < -0.3 is 19.3 Å². The number of phosphoric acid groups is 2. The van der Waals surface area contributed by atoms with E-state index in [1.165, 1.54) is 72.8 Å². The maximum atomic E-state index is 11.8. The fourth-order valence-electron chi connectivity index (χ4n) is 3.25. The van der Waals surface area contributed by atoms with Crippen LogP contribution in [0.1, 0.15) is 27.0 Å². The average Bonchev–Trinajstić information content (AvgIpc) is 2.72. The van der Waals surface area contributed by atoms with Crippen molar-refractivity contribution in [3.8, 4) is 11.5 Å². The molecule has 34 heavy (non-hydrogen) atoms. The van der Waals surface area contributed by atoms with Gasteiger partial charge in [0.2, 0.25) is 0 Å². The van der Waals surface area contributed by atoms with Gasteiger partial charge in [0.1, 0.15) is 17.1 Å². The van der Waals surface area contributed by atoms with E-state index in [1.807, 2.05) is 0 Å². The van der Waals surface area contributed by atoms with Crippen molar-refractivity contribution >= 4 is 21.6 Å². The predicted molar refractivity (Wildman–Crippen MR) is 114 cm³/mol. The molecule has 0 bridgehead atoms. The number of carbonyl (C=O) groups is 1. The molecule has 0 saturated heterocycles. The number of hydrogen-bond acceptors (Lipinski definition) is 6. The third kappa shape index (κ3) is 6.78. The van der Waals surface area contributed by atoms with Gasteiger partial charge in [-0.3, -0.25) is 19.6 Å². The molecule has 0 aromatic heterocycles. The summed E-state index contributed by atoms with van der Waals surface area (Å²) in [7, 11) is -9.64. The number of carboxylic acids is 1. The van der Waals surface area contributed by atoms with E-state index < -0.39 is 27.2 Å². The molecule has 0 atom stereocenters. The molecular weight excluding hydrogens is 501 g/mol. The van der Waals surface area contributed by atoms with E-state index in [0.717, 1.165) is 0 Å². The molecule has 0 unspecified atom stereocenters. The van der Waals surface area contributed by atoms with Crippen molar-refractivity contribution < 1.29 is 82.3 Å². The van der Waals surface area contributed by atoms with Crippen LogP contribution in [0, 0.1) is 0 Å². The fourth-order valence-corrected chi connectivity index (χ4v) is 4.04. The zero-order valence-electron chi connectivity index (χ0n) is 17.5. The van der Waals surface area contributed by atoms with E-state index in [4.69, 9.17) is 19.6 Å². The van der Waals surface area contributed by atoms with E-state index in [-0.39, 0.29) is 63.3 Å². The van der Waals surface area contributed by atoms with Crippen LogP contribution in [0.2, 0.25) is 0 Å². The first-order valence-corrected chi connectivity index (χ1v) is 12.1. The topological polar surface area (TPSA) is 191 Å². The second-order valence-electron chi connectivity index (χ2n) is 6.77. The molecular formula is C20H18NaO11P2+. The Balaban J connectivity index is 0.00000408. The van der Waals surface area contributed by atoms with Crippen molar-refractivity contribution in [3.63, 3.8) is 0 Å². The quantitative estimate of drug-likeness (QED) is 0.129. The Kier molecular flexibility index (Phi) is 8.90. The average molecular weight is 519 g/mol. The van der Waals surface area contributed by atoms with Gasteiger partial charge in [-0.2, -0.15) is 0 Å². The molecule has 14 heteroatoms. The van der Waals surface area contributed by atoms with Crippen LogP contribution in [0.25, 0.3) is 0 Å².